The molecular weight excluding hydrogens is 554 g/mol. The van der Waals surface area contributed by atoms with Gasteiger partial charge < -0.3 is 36.6 Å². The maximum absolute atomic E-state index is 13.8. The van der Waals surface area contributed by atoms with Crippen molar-refractivity contribution >= 4 is 17.5 Å². The predicted molar refractivity (Wildman–Crippen MR) is 158 cm³/mol. The first-order valence-electron chi connectivity index (χ1n) is 13.9. The van der Waals surface area contributed by atoms with E-state index < -0.39 is 72.1 Å². The van der Waals surface area contributed by atoms with E-state index in [4.69, 9.17) is 21.9 Å². The highest BCUT2D eigenvalue weighted by Crippen LogP contribution is 2.31. The second kappa shape index (κ2) is 15.1. The average molecular weight is 594 g/mol. The highest BCUT2D eigenvalue weighted by Gasteiger charge is 2.51. The van der Waals surface area contributed by atoms with E-state index in [0.29, 0.717) is 11.1 Å². The molecule has 10 N–H and O–H groups in total. The standard InChI is InChI=1S/C32H39N3O8/c1-2-23(33)26(37)22(18-36)27(38)30(40)32(35,42)29(39)24(19-12-6-3-7-13-19)25(34)31(41)43-28(20-14-8-4-9-15-20)21-16-10-5-11-17-21/h3-17,22-25,27-28,30,36,38,40,42H,2,18,33-35H2,1H3/t22-,23+,24?,25+,27-,30-,32?/m1/s1. The number of ether oxygens (including phenoxy) is 1. The van der Waals surface area contributed by atoms with Crippen molar-refractivity contribution in [2.45, 2.75) is 55.4 Å². The Hall–Kier alpha value is -3.81. The molecule has 3 rings (SSSR count). The fourth-order valence-corrected chi connectivity index (χ4v) is 4.81. The Labute approximate surface area is 249 Å². The zero-order valence-corrected chi connectivity index (χ0v) is 23.8. The van der Waals surface area contributed by atoms with Crippen LogP contribution in [0.4, 0.5) is 0 Å². The quantitative estimate of drug-likeness (QED) is 0.0937. The zero-order valence-electron chi connectivity index (χ0n) is 23.8. The number of hydrogen-bond donors (Lipinski definition) is 7. The highest BCUT2D eigenvalue weighted by molar-refractivity contribution is 5.98. The van der Waals surface area contributed by atoms with E-state index in [1.807, 2.05) is 0 Å². The first-order valence-corrected chi connectivity index (χ1v) is 13.9. The maximum atomic E-state index is 13.8. The Kier molecular flexibility index (Phi) is 11.8. The lowest BCUT2D eigenvalue weighted by atomic mass is 9.78. The molecule has 0 saturated carbocycles. The van der Waals surface area contributed by atoms with E-state index in [0.717, 1.165) is 0 Å². The predicted octanol–water partition coefficient (Wildman–Crippen LogP) is 0.283. The largest absolute Gasteiger partial charge is 0.451 e. The molecule has 0 amide bonds. The molecule has 11 heteroatoms. The van der Waals surface area contributed by atoms with Crippen LogP contribution in [-0.2, 0) is 19.1 Å². The Morgan fingerprint density at radius 1 is 0.814 bits per heavy atom. The van der Waals surface area contributed by atoms with Gasteiger partial charge >= 0.3 is 5.97 Å². The monoisotopic (exact) mass is 593 g/mol. The third-order valence-corrected chi connectivity index (χ3v) is 7.46. The van der Waals surface area contributed by atoms with E-state index in [1.54, 1.807) is 85.8 Å². The number of aliphatic hydroxyl groups excluding tert-OH is 3. The van der Waals surface area contributed by atoms with Crippen LogP contribution in [0.2, 0.25) is 0 Å². The molecule has 0 fully saturated rings. The minimum Gasteiger partial charge on any atom is -0.451 e. The van der Waals surface area contributed by atoms with Gasteiger partial charge in [0.1, 0.15) is 12.1 Å². The lowest BCUT2D eigenvalue weighted by Gasteiger charge is -2.37. The van der Waals surface area contributed by atoms with Crippen molar-refractivity contribution in [3.8, 4) is 0 Å². The van der Waals surface area contributed by atoms with Crippen molar-refractivity contribution < 1.29 is 39.5 Å². The number of hydrogen-bond acceptors (Lipinski definition) is 11. The van der Waals surface area contributed by atoms with Crippen LogP contribution in [0.5, 0.6) is 0 Å². The lowest BCUT2D eigenvalue weighted by molar-refractivity contribution is -0.173. The molecule has 0 aliphatic rings. The summed E-state index contributed by atoms with van der Waals surface area (Å²) in [6.45, 7) is 0.664. The third kappa shape index (κ3) is 7.78. The van der Waals surface area contributed by atoms with Gasteiger partial charge in [-0.15, -0.1) is 0 Å². The topological polar surface area (TPSA) is 219 Å². The molecule has 0 heterocycles. The van der Waals surface area contributed by atoms with Crippen LogP contribution in [0, 0.1) is 5.92 Å². The first-order chi connectivity index (χ1) is 20.4. The SMILES string of the molecule is CC[C@H](N)C(=O)[C@@H](CO)[C@@H](O)[C@@H](O)C(N)(O)C(=O)C(c1ccccc1)[C@H](N)C(=O)OC(c1ccccc1)c1ccccc1. The van der Waals surface area contributed by atoms with Gasteiger partial charge in [-0.2, -0.15) is 0 Å². The van der Waals surface area contributed by atoms with Gasteiger partial charge in [0.2, 0.25) is 5.72 Å². The van der Waals surface area contributed by atoms with Crippen LogP contribution in [0.3, 0.4) is 0 Å². The lowest BCUT2D eigenvalue weighted by Crippen LogP contribution is -2.66. The number of Topliss-reactive ketones (excluding diaryl/α,β-unsaturated/α-hetero) is 2. The molecule has 43 heavy (non-hydrogen) atoms. The normalized spacial score (nSPS) is 17.1. The van der Waals surface area contributed by atoms with Crippen LogP contribution in [0.1, 0.15) is 42.1 Å². The summed E-state index contributed by atoms with van der Waals surface area (Å²) in [5.41, 5.74) is 16.2. The summed E-state index contributed by atoms with van der Waals surface area (Å²) in [6, 6.07) is 22.7. The summed E-state index contributed by atoms with van der Waals surface area (Å²) in [5, 5.41) is 42.5. The minimum absolute atomic E-state index is 0.168. The van der Waals surface area contributed by atoms with Gasteiger partial charge in [0.15, 0.2) is 17.7 Å². The molecule has 0 saturated heterocycles. The molecule has 0 bridgehead atoms. The summed E-state index contributed by atoms with van der Waals surface area (Å²) < 4.78 is 5.84. The molecule has 3 aromatic carbocycles. The molecule has 230 valence electrons. The minimum atomic E-state index is -3.22. The smallest absolute Gasteiger partial charge is 0.324 e. The second-order valence-electron chi connectivity index (χ2n) is 10.4. The Morgan fingerprint density at radius 3 is 1.67 bits per heavy atom. The second-order valence-corrected chi connectivity index (χ2v) is 10.4. The van der Waals surface area contributed by atoms with Gasteiger partial charge in [-0.1, -0.05) is 97.9 Å². The van der Waals surface area contributed by atoms with Gasteiger partial charge in [-0.25, -0.2) is 0 Å². The van der Waals surface area contributed by atoms with E-state index in [-0.39, 0.29) is 12.0 Å². The molecule has 0 aliphatic carbocycles. The maximum Gasteiger partial charge on any atom is 0.324 e. The molecule has 2 unspecified atom stereocenters. The van der Waals surface area contributed by atoms with Crippen molar-refractivity contribution in [2.24, 2.45) is 23.1 Å². The molecule has 0 aromatic heterocycles. The summed E-state index contributed by atoms with van der Waals surface area (Å²) in [5.74, 6) is -6.44. The Morgan fingerprint density at radius 2 is 1.26 bits per heavy atom. The number of esters is 1. The number of rotatable bonds is 15. The number of carbonyl (C=O) groups excluding carboxylic acids is 3. The van der Waals surface area contributed by atoms with Crippen LogP contribution >= 0.6 is 0 Å². The highest BCUT2D eigenvalue weighted by atomic mass is 16.5. The molecule has 7 atom stereocenters. The van der Waals surface area contributed by atoms with Gasteiger partial charge in [-0.3, -0.25) is 20.1 Å². The van der Waals surface area contributed by atoms with E-state index in [1.165, 1.54) is 12.1 Å². The average Bonchev–Trinajstić information content (AvgIpc) is 3.04. The van der Waals surface area contributed by atoms with E-state index >= 15 is 0 Å². The van der Waals surface area contributed by atoms with E-state index in [2.05, 4.69) is 0 Å². The van der Waals surface area contributed by atoms with Crippen molar-refractivity contribution in [1.29, 1.82) is 0 Å². The first kappa shape index (κ1) is 33.7. The summed E-state index contributed by atoms with van der Waals surface area (Å²) >= 11 is 0. The third-order valence-electron chi connectivity index (χ3n) is 7.46. The van der Waals surface area contributed by atoms with E-state index in [9.17, 15) is 34.8 Å². The molecule has 0 spiro atoms. The Balaban J connectivity index is 1.96. The zero-order chi connectivity index (χ0) is 31.7. The van der Waals surface area contributed by atoms with Crippen molar-refractivity contribution in [3.05, 3.63) is 108 Å². The fraction of sp³-hybridized carbons (Fsp3) is 0.344. The number of aliphatic hydroxyl groups is 4. The molecular formula is C32H39N3O8. The number of benzene rings is 3. The van der Waals surface area contributed by atoms with Crippen LogP contribution < -0.4 is 17.2 Å². The van der Waals surface area contributed by atoms with Crippen molar-refractivity contribution in [3.63, 3.8) is 0 Å². The van der Waals surface area contributed by atoms with Crippen molar-refractivity contribution in [2.75, 3.05) is 6.61 Å². The number of nitrogens with two attached hydrogens (primary N) is 3. The van der Waals surface area contributed by atoms with Gasteiger partial charge in [0.05, 0.1) is 30.6 Å². The summed E-state index contributed by atoms with van der Waals surface area (Å²) in [6.07, 6.45) is -5.38. The fourth-order valence-electron chi connectivity index (χ4n) is 4.81. The van der Waals surface area contributed by atoms with Crippen LogP contribution in [0.15, 0.2) is 91.0 Å². The molecule has 11 nitrogen and oxygen atoms in total. The molecule has 3 aromatic rings. The van der Waals surface area contributed by atoms with Gasteiger partial charge in [0.25, 0.3) is 0 Å². The number of ketones is 2. The molecule has 0 radical (unpaired) electrons. The van der Waals surface area contributed by atoms with Gasteiger partial charge in [-0.05, 0) is 23.1 Å². The van der Waals surface area contributed by atoms with Crippen LogP contribution in [-0.4, -0.2) is 74.6 Å². The summed E-state index contributed by atoms with van der Waals surface area (Å²) in [4.78, 5) is 40.0. The summed E-state index contributed by atoms with van der Waals surface area (Å²) in [7, 11) is 0. The van der Waals surface area contributed by atoms with Crippen molar-refractivity contribution in [1.82, 2.24) is 0 Å². The van der Waals surface area contributed by atoms with Crippen LogP contribution in [0.25, 0.3) is 0 Å². The van der Waals surface area contributed by atoms with Gasteiger partial charge in [0, 0.05) is 0 Å². The Bertz CT molecular complexity index is 1300. The number of carbonyl (C=O) groups is 3. The molecule has 0 aliphatic heterocycles.